The molecule has 0 heterocycles. The zero-order valence-electron chi connectivity index (χ0n) is 25.5. The maximum absolute atomic E-state index is 10.6. The van der Waals surface area contributed by atoms with Gasteiger partial charge in [0, 0.05) is 5.56 Å². The smallest absolute Gasteiger partial charge is 0.125 e. The van der Waals surface area contributed by atoms with Crippen molar-refractivity contribution in [3.63, 3.8) is 0 Å². The van der Waals surface area contributed by atoms with Gasteiger partial charge in [-0.3, -0.25) is 0 Å². The number of hydrogen-bond donors (Lipinski definition) is 0. The minimum Gasteiger partial charge on any atom is -0.744 e. The third-order valence-electron chi connectivity index (χ3n) is 7.31. The highest BCUT2D eigenvalue weighted by Gasteiger charge is 2.15. The Hall–Kier alpha value is -0.820. The first-order chi connectivity index (χ1) is 19.5. The van der Waals surface area contributed by atoms with Gasteiger partial charge >= 0.3 is 0 Å². The maximum atomic E-state index is 10.6. The highest BCUT2D eigenvalue weighted by molar-refractivity contribution is 7.85. The van der Waals surface area contributed by atoms with Crippen LogP contribution in [0.15, 0.2) is 47.4 Å². The number of hydrogen-bond acceptors (Lipinski definition) is 3. The lowest BCUT2D eigenvalue weighted by atomic mass is 10.0. The maximum Gasteiger partial charge on any atom is 0.125 e. The molecule has 0 aromatic heterocycles. The molecule has 0 amide bonds. The van der Waals surface area contributed by atoms with E-state index >= 15 is 0 Å². The van der Waals surface area contributed by atoms with Crippen LogP contribution in [0.1, 0.15) is 115 Å². The van der Waals surface area contributed by atoms with Crippen LogP contribution in [0.4, 0.5) is 0 Å². The van der Waals surface area contributed by atoms with Gasteiger partial charge in [0.1, 0.15) is 16.7 Å². The molecule has 2 aromatic rings. The molecule has 0 unspecified atom stereocenters. The summed E-state index contributed by atoms with van der Waals surface area (Å²) in [5.41, 5.74) is 1.46. The Morgan fingerprint density at radius 3 is 1.49 bits per heavy atom. The number of halogens is 3. The van der Waals surface area contributed by atoms with E-state index in [0.717, 1.165) is 23.2 Å². The van der Waals surface area contributed by atoms with E-state index in [1.165, 1.54) is 115 Å². The first-order valence-electron chi connectivity index (χ1n) is 15.4. The van der Waals surface area contributed by atoms with Crippen LogP contribution in [0, 0.1) is 0 Å². The van der Waals surface area contributed by atoms with Gasteiger partial charge in [-0.1, -0.05) is 162 Å². The molecule has 0 atom stereocenters. The Kier molecular flexibility index (Phi) is 20.3. The normalized spacial score (nSPS) is 11.8. The molecule has 4 nitrogen and oxygen atoms in total. The Morgan fingerprint density at radius 1 is 0.634 bits per heavy atom. The molecule has 41 heavy (non-hydrogen) atoms. The average Bonchev–Trinajstić information content (AvgIpc) is 2.90. The summed E-state index contributed by atoms with van der Waals surface area (Å²) in [5.74, 6) is 0. The molecule has 0 radical (unpaired) electrons. The van der Waals surface area contributed by atoms with E-state index in [0.29, 0.717) is 0 Å². The van der Waals surface area contributed by atoms with Crippen molar-refractivity contribution in [1.29, 1.82) is 0 Å². The SMILES string of the molecule is CCCCCCCCCCCCCCCCCC[N+](C)(C)Cc1ccccc1.O=S(=O)([O-])c1cc(Cl)c(Cl)cc1Cl. The largest absolute Gasteiger partial charge is 0.744 e. The van der Waals surface area contributed by atoms with Gasteiger partial charge in [-0.2, -0.15) is 0 Å². The third-order valence-corrected chi connectivity index (χ3v) is 9.34. The molecule has 0 aliphatic heterocycles. The Labute approximate surface area is 266 Å². The van der Waals surface area contributed by atoms with Crippen LogP contribution in [-0.2, 0) is 16.7 Å². The van der Waals surface area contributed by atoms with E-state index in [1.54, 1.807) is 0 Å². The molecular weight excluding hydrogens is 597 g/mol. The van der Waals surface area contributed by atoms with Crippen molar-refractivity contribution in [1.82, 2.24) is 0 Å². The van der Waals surface area contributed by atoms with Crippen LogP contribution >= 0.6 is 34.8 Å². The second-order valence-electron chi connectivity index (χ2n) is 11.8. The van der Waals surface area contributed by atoms with Crippen molar-refractivity contribution in [2.45, 2.75) is 121 Å². The van der Waals surface area contributed by atoms with Crippen LogP contribution < -0.4 is 0 Å². The zero-order valence-corrected chi connectivity index (χ0v) is 28.6. The molecule has 0 saturated carbocycles. The highest BCUT2D eigenvalue weighted by Crippen LogP contribution is 2.31. The monoisotopic (exact) mass is 647 g/mol. The fourth-order valence-corrected chi connectivity index (χ4v) is 6.40. The lowest BCUT2D eigenvalue weighted by Gasteiger charge is -2.30. The van der Waals surface area contributed by atoms with Crippen LogP contribution in [0.3, 0.4) is 0 Å². The summed E-state index contributed by atoms with van der Waals surface area (Å²) in [6.07, 6.45) is 23.2. The zero-order chi connectivity index (χ0) is 30.6. The predicted molar refractivity (Wildman–Crippen MR) is 176 cm³/mol. The molecule has 0 bridgehead atoms. The number of benzene rings is 2. The fourth-order valence-electron chi connectivity index (χ4n) is 4.94. The van der Waals surface area contributed by atoms with Gasteiger partial charge in [0.15, 0.2) is 0 Å². The molecule has 0 saturated heterocycles. The standard InChI is InChI=1S/C27H50N.C6H3Cl3O3S/c1-4-5-6-7-8-9-10-11-12-13-14-15-16-17-18-22-25-28(2,3)26-27-23-20-19-21-24-27;7-3-1-5(9)6(2-4(3)8)13(10,11)12/h19-21,23-24H,4-18,22,25-26H2,1-3H3;1-2H,(H,10,11,12)/q+1;/p-1. The van der Waals surface area contributed by atoms with Gasteiger partial charge in [-0.25, -0.2) is 8.42 Å². The number of unbranched alkanes of at least 4 members (excludes halogenated alkanes) is 15. The summed E-state index contributed by atoms with van der Waals surface area (Å²) in [5, 5.41) is -0.163. The van der Waals surface area contributed by atoms with E-state index < -0.39 is 15.0 Å². The number of nitrogens with zero attached hydrogens (tertiary/aromatic N) is 1. The molecule has 2 rings (SSSR count). The van der Waals surface area contributed by atoms with Crippen molar-refractivity contribution in [2.75, 3.05) is 20.6 Å². The van der Waals surface area contributed by atoms with Crippen molar-refractivity contribution in [3.05, 3.63) is 63.1 Å². The molecular formula is C33H52Cl3NO3S. The quantitative estimate of drug-likeness (QED) is 0.0621. The van der Waals surface area contributed by atoms with Gasteiger partial charge in [0.25, 0.3) is 0 Å². The molecule has 2 aromatic carbocycles. The molecule has 0 spiro atoms. The van der Waals surface area contributed by atoms with Gasteiger partial charge < -0.3 is 9.04 Å². The summed E-state index contributed by atoms with van der Waals surface area (Å²) < 4.78 is 32.8. The first kappa shape index (κ1) is 38.2. The summed E-state index contributed by atoms with van der Waals surface area (Å²) in [7, 11) is 0.149. The second kappa shape index (κ2) is 21.8. The summed E-state index contributed by atoms with van der Waals surface area (Å²) in [6.45, 7) is 4.75. The van der Waals surface area contributed by atoms with Crippen molar-refractivity contribution < 1.29 is 17.5 Å². The van der Waals surface area contributed by atoms with Crippen LogP contribution in [0.25, 0.3) is 0 Å². The number of rotatable bonds is 20. The minimum absolute atomic E-state index is 0.0273. The van der Waals surface area contributed by atoms with Gasteiger partial charge in [0.2, 0.25) is 0 Å². The van der Waals surface area contributed by atoms with E-state index in [1.807, 2.05) is 0 Å². The topological polar surface area (TPSA) is 57.2 Å². The van der Waals surface area contributed by atoms with Crippen LogP contribution in [0.2, 0.25) is 15.1 Å². The Morgan fingerprint density at radius 2 is 1.05 bits per heavy atom. The lowest BCUT2D eigenvalue weighted by molar-refractivity contribution is -0.903. The van der Waals surface area contributed by atoms with Crippen molar-refractivity contribution in [2.24, 2.45) is 0 Å². The third kappa shape index (κ3) is 19.2. The molecule has 234 valence electrons. The first-order valence-corrected chi connectivity index (χ1v) is 18.0. The van der Waals surface area contributed by atoms with Crippen LogP contribution in [0.5, 0.6) is 0 Å². The van der Waals surface area contributed by atoms with Crippen LogP contribution in [-0.4, -0.2) is 38.1 Å². The summed E-state index contributed by atoms with van der Waals surface area (Å²) in [4.78, 5) is -0.566. The van der Waals surface area contributed by atoms with Gasteiger partial charge in [-0.05, 0) is 25.0 Å². The van der Waals surface area contributed by atoms with Crippen molar-refractivity contribution in [3.8, 4) is 0 Å². The second-order valence-corrected chi connectivity index (χ2v) is 14.3. The van der Waals surface area contributed by atoms with E-state index in [2.05, 4.69) is 51.4 Å². The average molecular weight is 649 g/mol. The van der Waals surface area contributed by atoms with Gasteiger partial charge in [-0.15, -0.1) is 0 Å². The fraction of sp³-hybridized carbons (Fsp3) is 0.636. The summed E-state index contributed by atoms with van der Waals surface area (Å²) >= 11 is 16.5. The molecule has 0 aliphatic rings. The molecule has 0 aliphatic carbocycles. The molecule has 0 N–H and O–H groups in total. The van der Waals surface area contributed by atoms with Gasteiger partial charge in [0.05, 0.1) is 40.6 Å². The molecule has 8 heteroatoms. The predicted octanol–water partition coefficient (Wildman–Crippen LogP) is 11.1. The van der Waals surface area contributed by atoms with Crippen molar-refractivity contribution >= 4 is 44.9 Å². The number of quaternary nitrogens is 1. The Bertz CT molecular complexity index is 1060. The molecule has 0 fully saturated rings. The highest BCUT2D eigenvalue weighted by atomic mass is 35.5. The minimum atomic E-state index is -4.60. The van der Waals surface area contributed by atoms with E-state index in [4.69, 9.17) is 34.8 Å². The van der Waals surface area contributed by atoms with E-state index in [9.17, 15) is 13.0 Å². The Balaban J connectivity index is 0.000000537. The van der Waals surface area contributed by atoms with E-state index in [-0.39, 0.29) is 15.1 Å². The summed E-state index contributed by atoms with van der Waals surface area (Å²) in [6, 6.07) is 13.0. The lowest BCUT2D eigenvalue weighted by Crippen LogP contribution is -2.39.